The van der Waals surface area contributed by atoms with Crippen LogP contribution in [0.2, 0.25) is 5.02 Å². The molecule has 0 spiro atoms. The van der Waals surface area contributed by atoms with Crippen molar-refractivity contribution in [3.63, 3.8) is 0 Å². The number of ether oxygens (including phenoxy) is 1. The van der Waals surface area contributed by atoms with Gasteiger partial charge in [-0.3, -0.25) is 0 Å². The number of rotatable bonds is 6. The molecule has 1 saturated carbocycles. The number of methoxy groups -OCH3 is 1. The van der Waals surface area contributed by atoms with Gasteiger partial charge in [-0.25, -0.2) is 23.1 Å². The first-order chi connectivity index (χ1) is 14.8. The van der Waals surface area contributed by atoms with Crippen LogP contribution in [0.1, 0.15) is 25.7 Å². The first-order valence-electron chi connectivity index (χ1n) is 10.2. The van der Waals surface area contributed by atoms with Gasteiger partial charge in [-0.1, -0.05) is 29.8 Å². The van der Waals surface area contributed by atoms with Gasteiger partial charge in [-0.05, 0) is 37.8 Å². The summed E-state index contributed by atoms with van der Waals surface area (Å²) in [5.74, 6) is 1.25. The van der Waals surface area contributed by atoms with E-state index in [1.165, 1.54) is 6.26 Å². The molecule has 0 atom stereocenters. The molecule has 3 aromatic rings. The van der Waals surface area contributed by atoms with Crippen LogP contribution in [0.25, 0.3) is 22.0 Å². The average molecular weight is 461 g/mol. The molecule has 31 heavy (non-hydrogen) atoms. The van der Waals surface area contributed by atoms with Crippen LogP contribution in [0.15, 0.2) is 42.6 Å². The Bertz CT molecular complexity index is 1190. The van der Waals surface area contributed by atoms with Gasteiger partial charge in [0.15, 0.2) is 0 Å². The minimum absolute atomic E-state index is 0.00179. The number of benzene rings is 2. The van der Waals surface area contributed by atoms with Gasteiger partial charge in [-0.2, -0.15) is 0 Å². The van der Waals surface area contributed by atoms with Crippen LogP contribution in [0.4, 0.5) is 5.95 Å². The van der Waals surface area contributed by atoms with Crippen LogP contribution in [-0.2, 0) is 10.0 Å². The number of aromatic nitrogens is 2. The van der Waals surface area contributed by atoms with Gasteiger partial charge < -0.3 is 10.1 Å². The number of halogens is 1. The van der Waals surface area contributed by atoms with Gasteiger partial charge in [0, 0.05) is 45.9 Å². The highest BCUT2D eigenvalue weighted by Crippen LogP contribution is 2.37. The number of fused-ring (bicyclic) bond motifs is 1. The van der Waals surface area contributed by atoms with Gasteiger partial charge >= 0.3 is 0 Å². The molecule has 1 aromatic heterocycles. The molecule has 0 bridgehead atoms. The molecule has 4 rings (SSSR count). The van der Waals surface area contributed by atoms with Crippen LogP contribution < -0.4 is 14.8 Å². The third-order valence-electron chi connectivity index (χ3n) is 5.51. The minimum atomic E-state index is -3.17. The van der Waals surface area contributed by atoms with Gasteiger partial charge in [-0.15, -0.1) is 0 Å². The average Bonchev–Trinajstić information content (AvgIpc) is 2.73. The first-order valence-corrected chi connectivity index (χ1v) is 12.4. The summed E-state index contributed by atoms with van der Waals surface area (Å²) in [4.78, 5) is 9.15. The maximum Gasteiger partial charge on any atom is 0.223 e. The molecule has 1 heterocycles. The molecule has 9 heteroatoms. The first kappa shape index (κ1) is 21.8. The molecule has 0 unspecified atom stereocenters. The zero-order valence-electron chi connectivity index (χ0n) is 17.4. The fourth-order valence-electron chi connectivity index (χ4n) is 4.03. The third-order valence-corrected chi connectivity index (χ3v) is 6.60. The van der Waals surface area contributed by atoms with Crippen molar-refractivity contribution in [2.24, 2.45) is 0 Å². The molecule has 0 aliphatic heterocycles. The highest BCUT2D eigenvalue weighted by Gasteiger charge is 2.23. The van der Waals surface area contributed by atoms with E-state index in [4.69, 9.17) is 16.3 Å². The van der Waals surface area contributed by atoms with E-state index in [1.807, 2.05) is 36.4 Å². The van der Waals surface area contributed by atoms with Crippen molar-refractivity contribution in [2.45, 2.75) is 37.8 Å². The Hall–Kier alpha value is -2.42. The molecule has 2 N–H and O–H groups in total. The molecule has 164 valence electrons. The molecule has 1 fully saturated rings. The van der Waals surface area contributed by atoms with Gasteiger partial charge in [0.2, 0.25) is 16.0 Å². The zero-order chi connectivity index (χ0) is 22.0. The SMILES string of the molecule is COc1cc2nc(NC3CCC(NS(C)(=O)=O)CC3)ncc2cc1-c1ccccc1Cl. The Balaban J connectivity index is 1.53. The molecule has 0 radical (unpaired) electrons. The predicted molar refractivity (Wildman–Crippen MR) is 124 cm³/mol. The fraction of sp³-hybridized carbons (Fsp3) is 0.364. The molecule has 2 aromatic carbocycles. The highest BCUT2D eigenvalue weighted by atomic mass is 35.5. The summed E-state index contributed by atoms with van der Waals surface area (Å²) in [5, 5.41) is 4.93. The van der Waals surface area contributed by atoms with Gasteiger partial charge in [0.25, 0.3) is 0 Å². The molecule has 0 amide bonds. The van der Waals surface area contributed by atoms with Gasteiger partial charge in [0.1, 0.15) is 5.75 Å². The van der Waals surface area contributed by atoms with E-state index in [0.29, 0.717) is 16.7 Å². The lowest BCUT2D eigenvalue weighted by Crippen LogP contribution is -2.39. The summed E-state index contributed by atoms with van der Waals surface area (Å²) in [5.41, 5.74) is 2.56. The topological polar surface area (TPSA) is 93.2 Å². The summed E-state index contributed by atoms with van der Waals surface area (Å²) in [6, 6.07) is 11.7. The van der Waals surface area contributed by atoms with Crippen molar-refractivity contribution >= 4 is 38.5 Å². The lowest BCUT2D eigenvalue weighted by molar-refractivity contribution is 0.387. The fourth-order valence-corrected chi connectivity index (χ4v) is 5.11. The van der Waals surface area contributed by atoms with E-state index < -0.39 is 10.0 Å². The van der Waals surface area contributed by atoms with Crippen LogP contribution in [0.3, 0.4) is 0 Å². The molecule has 7 nitrogen and oxygen atoms in total. The van der Waals surface area contributed by atoms with Crippen molar-refractivity contribution in [2.75, 3.05) is 18.7 Å². The second-order valence-corrected chi connectivity index (χ2v) is 10.1. The standard InChI is InChI=1S/C22H25ClN4O3S/c1-30-21-12-20-14(11-18(21)17-5-3-4-6-19(17)23)13-24-22(26-20)25-15-7-9-16(10-8-15)27-31(2,28)29/h3-6,11-13,15-16,27H,7-10H2,1-2H3,(H,24,25,26). The lowest BCUT2D eigenvalue weighted by atomic mass is 9.92. The Kier molecular flexibility index (Phi) is 6.31. The summed E-state index contributed by atoms with van der Waals surface area (Å²) < 4.78 is 31.1. The number of hydrogen-bond donors (Lipinski definition) is 2. The number of sulfonamides is 1. The Morgan fingerprint density at radius 2 is 1.77 bits per heavy atom. The maximum absolute atomic E-state index is 11.4. The summed E-state index contributed by atoms with van der Waals surface area (Å²) in [6.07, 6.45) is 6.26. The normalized spacial score (nSPS) is 19.3. The Morgan fingerprint density at radius 1 is 1.06 bits per heavy atom. The molecule has 1 aliphatic rings. The number of hydrogen-bond acceptors (Lipinski definition) is 6. The van der Waals surface area contributed by atoms with Crippen molar-refractivity contribution in [1.82, 2.24) is 14.7 Å². The van der Waals surface area contributed by atoms with Crippen LogP contribution in [-0.4, -0.2) is 43.8 Å². The zero-order valence-corrected chi connectivity index (χ0v) is 19.0. The summed E-state index contributed by atoms with van der Waals surface area (Å²) >= 11 is 6.38. The van der Waals surface area contributed by atoms with Crippen molar-refractivity contribution in [3.05, 3.63) is 47.6 Å². The van der Waals surface area contributed by atoms with E-state index >= 15 is 0 Å². The highest BCUT2D eigenvalue weighted by molar-refractivity contribution is 7.88. The van der Waals surface area contributed by atoms with E-state index in [9.17, 15) is 8.42 Å². The largest absolute Gasteiger partial charge is 0.496 e. The predicted octanol–water partition coefficient (Wildman–Crippen LogP) is 4.23. The minimum Gasteiger partial charge on any atom is -0.496 e. The van der Waals surface area contributed by atoms with Crippen molar-refractivity contribution in [3.8, 4) is 16.9 Å². The van der Waals surface area contributed by atoms with Crippen molar-refractivity contribution in [1.29, 1.82) is 0 Å². The smallest absolute Gasteiger partial charge is 0.223 e. The Labute approximate surface area is 187 Å². The second-order valence-electron chi connectivity index (χ2n) is 7.87. The number of nitrogens with zero attached hydrogens (tertiary/aromatic N) is 2. The number of nitrogens with one attached hydrogen (secondary N) is 2. The molecular formula is C22H25ClN4O3S. The van der Waals surface area contributed by atoms with E-state index in [1.54, 1.807) is 13.3 Å². The summed E-state index contributed by atoms with van der Waals surface area (Å²) in [6.45, 7) is 0. The van der Waals surface area contributed by atoms with Crippen molar-refractivity contribution < 1.29 is 13.2 Å². The van der Waals surface area contributed by atoms with Crippen LogP contribution in [0, 0.1) is 0 Å². The second kappa shape index (κ2) is 8.98. The summed E-state index contributed by atoms with van der Waals surface area (Å²) in [7, 11) is -1.54. The monoisotopic (exact) mass is 460 g/mol. The molecule has 0 saturated heterocycles. The number of anilines is 1. The maximum atomic E-state index is 11.4. The quantitative estimate of drug-likeness (QED) is 0.571. The Morgan fingerprint density at radius 3 is 2.45 bits per heavy atom. The molecular weight excluding hydrogens is 436 g/mol. The van der Waals surface area contributed by atoms with Gasteiger partial charge in [0.05, 0.1) is 18.9 Å². The van der Waals surface area contributed by atoms with E-state index in [0.717, 1.165) is 47.7 Å². The third kappa shape index (κ3) is 5.26. The van der Waals surface area contributed by atoms with E-state index in [2.05, 4.69) is 20.0 Å². The molecule has 1 aliphatic carbocycles. The van der Waals surface area contributed by atoms with E-state index in [-0.39, 0.29) is 12.1 Å². The van der Waals surface area contributed by atoms with Crippen LogP contribution >= 0.6 is 11.6 Å². The van der Waals surface area contributed by atoms with Crippen LogP contribution in [0.5, 0.6) is 5.75 Å². The lowest BCUT2D eigenvalue weighted by Gasteiger charge is -2.29.